The lowest BCUT2D eigenvalue weighted by atomic mass is 9.85. The second kappa shape index (κ2) is 4.57. The van der Waals surface area contributed by atoms with Crippen molar-refractivity contribution in [3.05, 3.63) is 0 Å². The van der Waals surface area contributed by atoms with Crippen molar-refractivity contribution in [1.29, 1.82) is 0 Å². The summed E-state index contributed by atoms with van der Waals surface area (Å²) in [6, 6.07) is 0.116. The minimum absolute atomic E-state index is 0. The van der Waals surface area contributed by atoms with Crippen molar-refractivity contribution in [3.63, 3.8) is 0 Å². The number of nitrogens with two attached hydrogens (primary N) is 1. The van der Waals surface area contributed by atoms with Crippen LogP contribution in [0.5, 0.6) is 0 Å². The number of carbonyl (C=O) groups excluding carboxylic acids is 1. The molecule has 0 heterocycles. The molecule has 0 saturated heterocycles. The van der Waals surface area contributed by atoms with Crippen LogP contribution in [-0.4, -0.2) is 19.0 Å². The zero-order valence-electron chi connectivity index (χ0n) is 7.47. The van der Waals surface area contributed by atoms with Gasteiger partial charge in [0.1, 0.15) is 0 Å². The molecule has 0 aromatic carbocycles. The largest absolute Gasteiger partial charge is 0.369 e. The van der Waals surface area contributed by atoms with Gasteiger partial charge in [-0.15, -0.1) is 12.4 Å². The lowest BCUT2D eigenvalue weighted by Crippen LogP contribution is -2.46. The molecule has 0 aliphatic rings. The molecular weight excluding hydrogens is 164 g/mol. The van der Waals surface area contributed by atoms with Crippen LogP contribution in [0.4, 0.5) is 0 Å². The second-order valence-corrected chi connectivity index (χ2v) is 3.10. The van der Waals surface area contributed by atoms with Crippen LogP contribution in [0.15, 0.2) is 0 Å². The summed E-state index contributed by atoms with van der Waals surface area (Å²) in [6.07, 6.45) is 0. The quantitative estimate of drug-likeness (QED) is 0.666. The van der Waals surface area contributed by atoms with Crippen LogP contribution in [-0.2, 0) is 4.79 Å². The highest BCUT2D eigenvalue weighted by Gasteiger charge is 2.30. The Morgan fingerprint density at radius 3 is 2.00 bits per heavy atom. The maximum Gasteiger partial charge on any atom is 0.224 e. The molecule has 0 radical (unpaired) electrons. The predicted octanol–water partition coefficient (Wildman–Crippen LogP) is 0.528. The first-order chi connectivity index (χ1) is 4.42. The molecule has 68 valence electrons. The molecule has 0 spiro atoms. The summed E-state index contributed by atoms with van der Waals surface area (Å²) in [6.45, 7) is 5.60. The highest BCUT2D eigenvalue weighted by atomic mass is 35.5. The van der Waals surface area contributed by atoms with E-state index in [1.165, 1.54) is 0 Å². The summed E-state index contributed by atoms with van der Waals surface area (Å²) in [5.74, 6) is -0.269. The lowest BCUT2D eigenvalue weighted by Gasteiger charge is -2.27. The van der Waals surface area contributed by atoms with Crippen LogP contribution in [0, 0.1) is 5.41 Å². The molecule has 1 atom stereocenters. The van der Waals surface area contributed by atoms with Crippen molar-refractivity contribution in [2.24, 2.45) is 11.1 Å². The van der Waals surface area contributed by atoms with Gasteiger partial charge in [-0.25, -0.2) is 0 Å². The van der Waals surface area contributed by atoms with Crippen molar-refractivity contribution in [1.82, 2.24) is 5.32 Å². The number of primary amides is 1. The Hall–Kier alpha value is -0.280. The topological polar surface area (TPSA) is 55.1 Å². The van der Waals surface area contributed by atoms with E-state index >= 15 is 0 Å². The average molecular weight is 181 g/mol. The van der Waals surface area contributed by atoms with Crippen LogP contribution in [0.3, 0.4) is 0 Å². The van der Waals surface area contributed by atoms with E-state index in [-0.39, 0.29) is 24.4 Å². The number of rotatable bonds is 3. The van der Waals surface area contributed by atoms with Gasteiger partial charge in [0, 0.05) is 6.04 Å². The van der Waals surface area contributed by atoms with Crippen molar-refractivity contribution >= 4 is 18.3 Å². The minimum atomic E-state index is -0.464. The molecule has 3 nitrogen and oxygen atoms in total. The van der Waals surface area contributed by atoms with E-state index in [0.717, 1.165) is 0 Å². The average Bonchev–Trinajstić information content (AvgIpc) is 1.86. The van der Waals surface area contributed by atoms with Gasteiger partial charge in [0.05, 0.1) is 5.41 Å². The molecule has 0 bridgehead atoms. The number of nitrogens with one attached hydrogen (secondary N) is 1. The standard InChI is InChI=1S/C7H16N2O.ClH/c1-5(9-4)7(2,3)6(8)10;/h5,9H,1-4H3,(H2,8,10);1H. The van der Waals surface area contributed by atoms with Gasteiger partial charge in [0.2, 0.25) is 5.91 Å². The molecule has 0 fully saturated rings. The molecule has 11 heavy (non-hydrogen) atoms. The number of halogens is 1. The van der Waals surface area contributed by atoms with Crippen molar-refractivity contribution < 1.29 is 4.79 Å². The zero-order valence-corrected chi connectivity index (χ0v) is 8.29. The molecule has 0 aromatic rings. The Morgan fingerprint density at radius 1 is 1.55 bits per heavy atom. The van der Waals surface area contributed by atoms with E-state index in [9.17, 15) is 4.79 Å². The summed E-state index contributed by atoms with van der Waals surface area (Å²) in [7, 11) is 1.81. The molecule has 1 unspecified atom stereocenters. The van der Waals surface area contributed by atoms with Crippen molar-refractivity contribution in [2.45, 2.75) is 26.8 Å². The smallest absolute Gasteiger partial charge is 0.224 e. The molecule has 0 aliphatic carbocycles. The molecule has 0 saturated carbocycles. The van der Waals surface area contributed by atoms with Gasteiger partial charge >= 0.3 is 0 Å². The molecular formula is C7H17ClN2O. The summed E-state index contributed by atoms with van der Waals surface area (Å²) >= 11 is 0. The Kier molecular flexibility index (Phi) is 5.53. The van der Waals surface area contributed by atoms with Gasteiger partial charge in [0.15, 0.2) is 0 Å². The fraction of sp³-hybridized carbons (Fsp3) is 0.857. The van der Waals surface area contributed by atoms with Gasteiger partial charge in [-0.2, -0.15) is 0 Å². The summed E-state index contributed by atoms with van der Waals surface area (Å²) in [4.78, 5) is 10.8. The Bertz CT molecular complexity index is 136. The molecule has 0 aromatic heterocycles. The van der Waals surface area contributed by atoms with E-state index in [1.807, 2.05) is 27.8 Å². The normalized spacial score (nSPS) is 13.5. The maximum atomic E-state index is 10.8. The highest BCUT2D eigenvalue weighted by Crippen LogP contribution is 2.18. The maximum absolute atomic E-state index is 10.8. The lowest BCUT2D eigenvalue weighted by molar-refractivity contribution is -0.127. The minimum Gasteiger partial charge on any atom is -0.369 e. The Balaban J connectivity index is 0. The molecule has 1 amide bonds. The van der Waals surface area contributed by atoms with Crippen LogP contribution in [0.2, 0.25) is 0 Å². The van der Waals surface area contributed by atoms with E-state index in [4.69, 9.17) is 5.73 Å². The summed E-state index contributed by atoms with van der Waals surface area (Å²) in [5.41, 5.74) is 4.70. The first kappa shape index (κ1) is 13.3. The van der Waals surface area contributed by atoms with Crippen LogP contribution in [0.25, 0.3) is 0 Å². The van der Waals surface area contributed by atoms with Gasteiger partial charge in [-0.05, 0) is 27.8 Å². The van der Waals surface area contributed by atoms with E-state index in [2.05, 4.69) is 5.32 Å². The molecule has 4 heteroatoms. The number of hydrogen-bond donors (Lipinski definition) is 2. The molecule has 0 rings (SSSR count). The monoisotopic (exact) mass is 180 g/mol. The summed E-state index contributed by atoms with van der Waals surface area (Å²) in [5, 5.41) is 2.99. The molecule has 0 aliphatic heterocycles. The predicted molar refractivity (Wildman–Crippen MR) is 48.7 cm³/mol. The Morgan fingerprint density at radius 2 is 1.91 bits per heavy atom. The number of amides is 1. The molecule has 3 N–H and O–H groups in total. The third-order valence-corrected chi connectivity index (χ3v) is 2.15. The first-order valence-corrected chi connectivity index (χ1v) is 3.40. The summed E-state index contributed by atoms with van der Waals surface area (Å²) < 4.78 is 0. The van der Waals surface area contributed by atoms with Gasteiger partial charge in [-0.3, -0.25) is 4.79 Å². The third-order valence-electron chi connectivity index (χ3n) is 2.15. The van der Waals surface area contributed by atoms with E-state index < -0.39 is 5.41 Å². The number of carbonyl (C=O) groups is 1. The van der Waals surface area contributed by atoms with Crippen LogP contribution >= 0.6 is 12.4 Å². The first-order valence-electron chi connectivity index (χ1n) is 3.40. The van der Waals surface area contributed by atoms with Crippen LogP contribution in [0.1, 0.15) is 20.8 Å². The van der Waals surface area contributed by atoms with Crippen molar-refractivity contribution in [2.75, 3.05) is 7.05 Å². The van der Waals surface area contributed by atoms with E-state index in [0.29, 0.717) is 0 Å². The Labute approximate surface area is 74.1 Å². The van der Waals surface area contributed by atoms with E-state index in [1.54, 1.807) is 0 Å². The fourth-order valence-corrected chi connectivity index (χ4v) is 0.574. The zero-order chi connectivity index (χ0) is 8.36. The van der Waals surface area contributed by atoms with Gasteiger partial charge in [-0.1, -0.05) is 0 Å². The van der Waals surface area contributed by atoms with Crippen LogP contribution < -0.4 is 11.1 Å². The second-order valence-electron chi connectivity index (χ2n) is 3.10. The SMILES string of the molecule is CNC(C)C(C)(C)C(N)=O.Cl. The number of hydrogen-bond acceptors (Lipinski definition) is 2. The fourth-order valence-electron chi connectivity index (χ4n) is 0.574. The van der Waals surface area contributed by atoms with Gasteiger partial charge in [0.25, 0.3) is 0 Å². The highest BCUT2D eigenvalue weighted by molar-refractivity contribution is 5.85. The third kappa shape index (κ3) is 3.08. The van der Waals surface area contributed by atoms with Gasteiger partial charge < -0.3 is 11.1 Å². The van der Waals surface area contributed by atoms with Crippen molar-refractivity contribution in [3.8, 4) is 0 Å².